The lowest BCUT2D eigenvalue weighted by Crippen LogP contribution is -2.31. The predicted octanol–water partition coefficient (Wildman–Crippen LogP) is 6.88. The molecule has 4 heteroatoms. The largest absolute Gasteiger partial charge is 0.366 e. The summed E-state index contributed by atoms with van der Waals surface area (Å²) in [6.45, 7) is 2.45. The monoisotopic (exact) mass is 458 g/mol. The van der Waals surface area contributed by atoms with E-state index >= 15 is 0 Å². The van der Waals surface area contributed by atoms with Gasteiger partial charge in [-0.2, -0.15) is 0 Å². The van der Waals surface area contributed by atoms with Crippen molar-refractivity contribution in [3.63, 3.8) is 0 Å². The predicted molar refractivity (Wildman–Crippen MR) is 137 cm³/mol. The Morgan fingerprint density at radius 3 is 2.42 bits per heavy atom. The lowest BCUT2D eigenvalue weighted by atomic mass is 9.89. The van der Waals surface area contributed by atoms with E-state index in [1.807, 2.05) is 18.2 Å². The fourth-order valence-corrected chi connectivity index (χ4v) is 5.54. The number of rotatable bonds is 6. The van der Waals surface area contributed by atoms with Crippen LogP contribution >= 0.6 is 11.6 Å². The van der Waals surface area contributed by atoms with E-state index in [-0.39, 0.29) is 5.91 Å². The number of benzene rings is 3. The average molecular weight is 459 g/mol. The van der Waals surface area contributed by atoms with Crippen LogP contribution in [0.1, 0.15) is 53.6 Å². The van der Waals surface area contributed by atoms with E-state index in [2.05, 4.69) is 58.7 Å². The minimum Gasteiger partial charge on any atom is -0.366 e. The Labute approximate surface area is 201 Å². The molecule has 3 aromatic carbocycles. The molecule has 0 saturated heterocycles. The maximum absolute atomic E-state index is 13.2. The van der Waals surface area contributed by atoms with Crippen LogP contribution in [0, 0.1) is 5.92 Å². The van der Waals surface area contributed by atoms with Crippen molar-refractivity contribution in [3.05, 3.63) is 88.4 Å². The van der Waals surface area contributed by atoms with Crippen molar-refractivity contribution < 1.29 is 4.79 Å². The smallest absolute Gasteiger partial charge is 0.253 e. The normalized spacial score (nSPS) is 16.0. The molecule has 0 unspecified atom stereocenters. The molecule has 1 N–H and O–H groups in total. The first kappa shape index (κ1) is 22.0. The van der Waals surface area contributed by atoms with Gasteiger partial charge in [-0.1, -0.05) is 85.5 Å². The molecular weight excluding hydrogens is 428 g/mol. The summed E-state index contributed by atoms with van der Waals surface area (Å²) in [5.41, 5.74) is 6.62. The first-order valence-electron chi connectivity index (χ1n) is 12.2. The Bertz CT molecular complexity index is 1100. The average Bonchev–Trinajstić information content (AvgIpc) is 3.26. The fourth-order valence-electron chi connectivity index (χ4n) is 5.30. The zero-order chi connectivity index (χ0) is 22.6. The fraction of sp³-hybridized carbons (Fsp3) is 0.345. The highest BCUT2D eigenvalue weighted by Crippen LogP contribution is 2.36. The van der Waals surface area contributed by atoms with Crippen molar-refractivity contribution in [2.75, 3.05) is 18.0 Å². The Morgan fingerprint density at radius 2 is 1.67 bits per heavy atom. The molecule has 33 heavy (non-hydrogen) atoms. The van der Waals surface area contributed by atoms with E-state index in [0.29, 0.717) is 16.5 Å². The third-order valence-corrected chi connectivity index (χ3v) is 7.29. The minimum absolute atomic E-state index is 0.00523. The number of anilines is 1. The molecule has 1 saturated carbocycles. The number of halogens is 1. The third kappa shape index (κ3) is 5.09. The molecule has 1 aliphatic heterocycles. The van der Waals surface area contributed by atoms with Gasteiger partial charge in [-0.15, -0.1) is 0 Å². The van der Waals surface area contributed by atoms with Crippen LogP contribution < -0.4 is 10.2 Å². The van der Waals surface area contributed by atoms with Crippen molar-refractivity contribution in [1.82, 2.24) is 5.32 Å². The lowest BCUT2D eigenvalue weighted by molar-refractivity contribution is 0.0944. The summed E-state index contributed by atoms with van der Waals surface area (Å²) in [7, 11) is 0. The second-order valence-corrected chi connectivity index (χ2v) is 9.85. The van der Waals surface area contributed by atoms with Crippen molar-refractivity contribution in [1.29, 1.82) is 0 Å². The summed E-state index contributed by atoms with van der Waals surface area (Å²) in [4.78, 5) is 15.5. The molecule has 0 aromatic heterocycles. The van der Waals surface area contributed by atoms with Gasteiger partial charge >= 0.3 is 0 Å². The van der Waals surface area contributed by atoms with E-state index in [9.17, 15) is 4.79 Å². The molecule has 1 aliphatic carbocycles. The van der Waals surface area contributed by atoms with Gasteiger partial charge in [0.25, 0.3) is 5.91 Å². The highest BCUT2D eigenvalue weighted by atomic mass is 35.5. The molecule has 1 heterocycles. The zero-order valence-corrected chi connectivity index (χ0v) is 19.8. The maximum Gasteiger partial charge on any atom is 0.253 e. The maximum atomic E-state index is 13.2. The molecule has 1 amide bonds. The molecule has 0 radical (unpaired) electrons. The number of fused-ring (bicyclic) bond motifs is 1. The van der Waals surface area contributed by atoms with E-state index < -0.39 is 0 Å². The Balaban J connectivity index is 1.32. The number of hydrogen-bond donors (Lipinski definition) is 1. The minimum atomic E-state index is 0.00523. The van der Waals surface area contributed by atoms with Crippen LogP contribution in [0.4, 0.5) is 5.69 Å². The van der Waals surface area contributed by atoms with Gasteiger partial charge in [0.15, 0.2) is 0 Å². The lowest BCUT2D eigenvalue weighted by Gasteiger charge is -2.24. The van der Waals surface area contributed by atoms with Crippen molar-refractivity contribution in [2.24, 2.45) is 5.92 Å². The molecule has 170 valence electrons. The molecule has 0 atom stereocenters. The molecule has 1 fully saturated rings. The molecule has 0 bridgehead atoms. The van der Waals surface area contributed by atoms with Crippen LogP contribution in [0.5, 0.6) is 0 Å². The quantitative estimate of drug-likeness (QED) is 0.436. The highest BCUT2D eigenvalue weighted by Gasteiger charge is 2.27. The van der Waals surface area contributed by atoms with Gasteiger partial charge in [-0.3, -0.25) is 4.79 Å². The van der Waals surface area contributed by atoms with Gasteiger partial charge in [0.2, 0.25) is 0 Å². The first-order valence-corrected chi connectivity index (χ1v) is 12.5. The molecular formula is C29H31ClN2O. The summed E-state index contributed by atoms with van der Waals surface area (Å²) < 4.78 is 0. The summed E-state index contributed by atoms with van der Waals surface area (Å²) in [6.07, 6.45) is 7.25. The van der Waals surface area contributed by atoms with Crippen LogP contribution in [0.3, 0.4) is 0 Å². The van der Waals surface area contributed by atoms with Crippen LogP contribution in [0.15, 0.2) is 66.7 Å². The van der Waals surface area contributed by atoms with Gasteiger partial charge < -0.3 is 10.2 Å². The van der Waals surface area contributed by atoms with Crippen molar-refractivity contribution in [2.45, 2.75) is 45.1 Å². The number of carbonyl (C=O) groups excluding carboxylic acids is 1. The van der Waals surface area contributed by atoms with Gasteiger partial charge in [-0.05, 0) is 59.6 Å². The zero-order valence-electron chi connectivity index (χ0n) is 19.0. The van der Waals surface area contributed by atoms with Crippen molar-refractivity contribution in [3.8, 4) is 11.1 Å². The van der Waals surface area contributed by atoms with Crippen LogP contribution in [-0.4, -0.2) is 19.0 Å². The second-order valence-electron chi connectivity index (χ2n) is 9.41. The first-order chi connectivity index (χ1) is 16.2. The van der Waals surface area contributed by atoms with Crippen LogP contribution in [-0.2, 0) is 13.0 Å². The third-order valence-electron chi connectivity index (χ3n) is 7.08. The summed E-state index contributed by atoms with van der Waals surface area (Å²) in [5, 5.41) is 3.86. The number of hydrogen-bond acceptors (Lipinski definition) is 2. The van der Waals surface area contributed by atoms with Gasteiger partial charge in [-0.25, -0.2) is 0 Å². The topological polar surface area (TPSA) is 32.3 Å². The number of nitrogens with one attached hydrogen (secondary N) is 1. The molecule has 5 rings (SSSR count). The van der Waals surface area contributed by atoms with E-state index in [0.717, 1.165) is 31.7 Å². The van der Waals surface area contributed by atoms with Gasteiger partial charge in [0.05, 0.1) is 11.3 Å². The molecule has 0 spiro atoms. The summed E-state index contributed by atoms with van der Waals surface area (Å²) in [6, 6.07) is 23.0. The Hall–Kier alpha value is -2.78. The summed E-state index contributed by atoms with van der Waals surface area (Å²) in [5.74, 6) is 0.611. The van der Waals surface area contributed by atoms with Gasteiger partial charge in [0, 0.05) is 24.7 Å². The summed E-state index contributed by atoms with van der Waals surface area (Å²) >= 11 is 6.41. The van der Waals surface area contributed by atoms with Crippen LogP contribution in [0.25, 0.3) is 11.1 Å². The number of nitrogens with zero attached hydrogens (tertiary/aromatic N) is 1. The van der Waals surface area contributed by atoms with E-state index in [4.69, 9.17) is 11.6 Å². The standard InChI is InChI=1S/C29H31ClN2O/c30-26-17-25-15-16-32(20-22-11-13-24(14-12-22)23-9-5-2-6-10-23)28(25)27(18-26)29(33)31-19-21-7-3-1-4-8-21/h2,5-6,9-14,17-18,21H,1,3-4,7-8,15-16,19-20H2,(H,31,33). The Kier molecular flexibility index (Phi) is 6.68. The SMILES string of the molecule is O=C(NCC1CCCCC1)c1cc(Cl)cc2c1N(Cc1ccc(-c3ccccc3)cc1)CC2. The van der Waals surface area contributed by atoms with E-state index in [1.54, 1.807) is 0 Å². The van der Waals surface area contributed by atoms with E-state index in [1.165, 1.54) is 54.4 Å². The molecule has 3 aromatic rings. The number of amides is 1. The highest BCUT2D eigenvalue weighted by molar-refractivity contribution is 6.31. The molecule has 2 aliphatic rings. The molecule has 3 nitrogen and oxygen atoms in total. The second kappa shape index (κ2) is 10.0. The Morgan fingerprint density at radius 1 is 0.939 bits per heavy atom. The van der Waals surface area contributed by atoms with Crippen molar-refractivity contribution >= 4 is 23.2 Å². The number of carbonyl (C=O) groups is 1. The van der Waals surface area contributed by atoms with Gasteiger partial charge in [0.1, 0.15) is 0 Å². The van der Waals surface area contributed by atoms with Crippen LogP contribution in [0.2, 0.25) is 5.02 Å².